The molecule has 4 nitrogen and oxygen atoms in total. The first-order valence-corrected chi connectivity index (χ1v) is 8.24. The van der Waals surface area contributed by atoms with Crippen LogP contribution >= 0.6 is 22.9 Å². The van der Waals surface area contributed by atoms with E-state index in [9.17, 15) is 0 Å². The molecule has 0 spiro atoms. The van der Waals surface area contributed by atoms with E-state index in [-0.39, 0.29) is 6.04 Å². The SMILES string of the molecule is Cc1ccc2nc(C3CCCN3c3ncc(Cl)s3)[nH]c2c1. The van der Waals surface area contributed by atoms with E-state index in [1.54, 1.807) is 6.20 Å². The van der Waals surface area contributed by atoms with Crippen LogP contribution in [0, 0.1) is 6.92 Å². The molecule has 0 saturated carbocycles. The van der Waals surface area contributed by atoms with Gasteiger partial charge in [0.2, 0.25) is 0 Å². The summed E-state index contributed by atoms with van der Waals surface area (Å²) in [6.07, 6.45) is 3.97. The monoisotopic (exact) mass is 318 g/mol. The fourth-order valence-corrected chi connectivity index (χ4v) is 3.94. The lowest BCUT2D eigenvalue weighted by Crippen LogP contribution is -2.23. The molecule has 0 amide bonds. The summed E-state index contributed by atoms with van der Waals surface area (Å²) in [5.41, 5.74) is 3.38. The molecule has 0 aliphatic carbocycles. The smallest absolute Gasteiger partial charge is 0.187 e. The summed E-state index contributed by atoms with van der Waals surface area (Å²) in [6, 6.07) is 6.58. The van der Waals surface area contributed by atoms with Crippen LogP contribution in [0.15, 0.2) is 24.4 Å². The fourth-order valence-electron chi connectivity index (χ4n) is 2.96. The molecule has 1 unspecified atom stereocenters. The van der Waals surface area contributed by atoms with Gasteiger partial charge in [-0.05, 0) is 37.5 Å². The number of anilines is 1. The highest BCUT2D eigenvalue weighted by Gasteiger charge is 2.30. The van der Waals surface area contributed by atoms with Gasteiger partial charge in [-0.2, -0.15) is 0 Å². The van der Waals surface area contributed by atoms with Gasteiger partial charge in [-0.1, -0.05) is 29.0 Å². The Balaban J connectivity index is 1.72. The number of thiazole rings is 1. The number of H-pyrrole nitrogens is 1. The highest BCUT2D eigenvalue weighted by Crippen LogP contribution is 2.38. The minimum atomic E-state index is 0.264. The number of aromatic nitrogens is 3. The Morgan fingerprint density at radius 1 is 1.43 bits per heavy atom. The molecule has 1 fully saturated rings. The van der Waals surface area contributed by atoms with E-state index < -0.39 is 0 Å². The van der Waals surface area contributed by atoms with Crippen LogP contribution in [0.1, 0.15) is 30.3 Å². The summed E-state index contributed by atoms with van der Waals surface area (Å²) in [5.74, 6) is 1.03. The van der Waals surface area contributed by atoms with Crippen molar-refractivity contribution in [3.8, 4) is 0 Å². The van der Waals surface area contributed by atoms with Gasteiger partial charge in [0.15, 0.2) is 5.13 Å². The Morgan fingerprint density at radius 2 is 2.33 bits per heavy atom. The maximum atomic E-state index is 6.02. The molecule has 1 aromatic carbocycles. The summed E-state index contributed by atoms with van der Waals surface area (Å²) in [5, 5.41) is 0.985. The fraction of sp³-hybridized carbons (Fsp3) is 0.333. The van der Waals surface area contributed by atoms with Gasteiger partial charge in [0, 0.05) is 6.54 Å². The number of fused-ring (bicyclic) bond motifs is 1. The van der Waals surface area contributed by atoms with E-state index in [1.807, 2.05) is 0 Å². The number of nitrogens with zero attached hydrogens (tertiary/aromatic N) is 3. The van der Waals surface area contributed by atoms with Crippen LogP contribution in [-0.4, -0.2) is 21.5 Å². The third-order valence-electron chi connectivity index (χ3n) is 3.94. The molecular formula is C15H15ClN4S. The second-order valence-electron chi connectivity index (χ2n) is 5.44. The first-order valence-electron chi connectivity index (χ1n) is 7.05. The van der Waals surface area contributed by atoms with Gasteiger partial charge >= 0.3 is 0 Å². The second kappa shape index (κ2) is 5.00. The van der Waals surface area contributed by atoms with E-state index in [0.29, 0.717) is 0 Å². The molecule has 3 aromatic rings. The highest BCUT2D eigenvalue weighted by molar-refractivity contribution is 7.19. The normalized spacial score (nSPS) is 18.8. The minimum absolute atomic E-state index is 0.264. The van der Waals surface area contributed by atoms with Crippen molar-refractivity contribution in [1.82, 2.24) is 15.0 Å². The highest BCUT2D eigenvalue weighted by atomic mass is 35.5. The molecule has 1 N–H and O–H groups in total. The van der Waals surface area contributed by atoms with Gasteiger partial charge in [0.25, 0.3) is 0 Å². The number of aryl methyl sites for hydroxylation is 1. The Labute approximate surface area is 131 Å². The first-order chi connectivity index (χ1) is 10.2. The van der Waals surface area contributed by atoms with Gasteiger partial charge in [0.1, 0.15) is 10.2 Å². The number of benzene rings is 1. The maximum absolute atomic E-state index is 6.02. The number of halogens is 1. The van der Waals surface area contributed by atoms with Crippen LogP contribution < -0.4 is 4.90 Å². The number of hydrogen-bond donors (Lipinski definition) is 1. The lowest BCUT2D eigenvalue weighted by atomic mass is 10.2. The number of nitrogens with one attached hydrogen (secondary N) is 1. The number of rotatable bonds is 2. The van der Waals surface area contributed by atoms with Crippen molar-refractivity contribution >= 4 is 39.1 Å². The molecule has 1 saturated heterocycles. The Morgan fingerprint density at radius 3 is 3.14 bits per heavy atom. The molecule has 2 aromatic heterocycles. The molecule has 3 heterocycles. The van der Waals surface area contributed by atoms with Gasteiger partial charge in [0.05, 0.1) is 23.3 Å². The average Bonchev–Trinajstić information content (AvgIpc) is 3.14. The minimum Gasteiger partial charge on any atom is -0.340 e. The molecule has 1 atom stereocenters. The average molecular weight is 319 g/mol. The molecule has 6 heteroatoms. The predicted octanol–water partition coefficient (Wildman–Crippen LogP) is 4.32. The largest absolute Gasteiger partial charge is 0.340 e. The van der Waals surface area contributed by atoms with Gasteiger partial charge in [-0.15, -0.1) is 0 Å². The molecule has 0 radical (unpaired) electrons. The summed E-state index contributed by atoms with van der Waals surface area (Å²) in [4.78, 5) is 15.0. The summed E-state index contributed by atoms with van der Waals surface area (Å²) >= 11 is 7.55. The van der Waals surface area contributed by atoms with E-state index in [4.69, 9.17) is 16.6 Å². The van der Waals surface area contributed by atoms with Crippen LogP contribution in [0.4, 0.5) is 5.13 Å². The molecule has 1 aliphatic rings. The van der Waals surface area contributed by atoms with Crippen molar-refractivity contribution in [1.29, 1.82) is 0 Å². The van der Waals surface area contributed by atoms with Crippen molar-refractivity contribution in [3.05, 3.63) is 40.1 Å². The van der Waals surface area contributed by atoms with Crippen molar-refractivity contribution in [2.24, 2.45) is 0 Å². The first kappa shape index (κ1) is 13.1. The van der Waals surface area contributed by atoms with Crippen LogP contribution in [0.25, 0.3) is 11.0 Å². The molecule has 1 aliphatic heterocycles. The zero-order valence-corrected chi connectivity index (χ0v) is 13.2. The lowest BCUT2D eigenvalue weighted by molar-refractivity contribution is 0.677. The van der Waals surface area contributed by atoms with E-state index >= 15 is 0 Å². The summed E-state index contributed by atoms with van der Waals surface area (Å²) < 4.78 is 0.732. The number of imidazole rings is 1. The molecular weight excluding hydrogens is 304 g/mol. The zero-order valence-electron chi connectivity index (χ0n) is 11.6. The molecule has 4 rings (SSSR count). The maximum Gasteiger partial charge on any atom is 0.187 e. The van der Waals surface area contributed by atoms with E-state index in [1.165, 1.54) is 16.9 Å². The van der Waals surface area contributed by atoms with Crippen LogP contribution in [0.2, 0.25) is 4.34 Å². The number of hydrogen-bond acceptors (Lipinski definition) is 4. The third kappa shape index (κ3) is 2.30. The quantitative estimate of drug-likeness (QED) is 0.765. The van der Waals surface area contributed by atoms with Crippen molar-refractivity contribution in [2.75, 3.05) is 11.4 Å². The Bertz CT molecular complexity index is 794. The lowest BCUT2D eigenvalue weighted by Gasteiger charge is -2.21. The predicted molar refractivity (Wildman–Crippen MR) is 87.3 cm³/mol. The zero-order chi connectivity index (χ0) is 14.4. The summed E-state index contributed by atoms with van der Waals surface area (Å²) in [7, 11) is 0. The molecule has 108 valence electrons. The Kier molecular flexibility index (Phi) is 3.12. The standard InChI is InChI=1S/C15H15ClN4S/c1-9-4-5-10-11(7-9)19-14(18-10)12-3-2-6-20(12)15-17-8-13(16)21-15/h4-5,7-8,12H,2-3,6H2,1H3,(H,18,19). The van der Waals surface area contributed by atoms with E-state index in [0.717, 1.165) is 45.7 Å². The van der Waals surface area contributed by atoms with Crippen LogP contribution in [0.5, 0.6) is 0 Å². The third-order valence-corrected chi connectivity index (χ3v) is 5.09. The van der Waals surface area contributed by atoms with Crippen molar-refractivity contribution in [2.45, 2.75) is 25.8 Å². The number of aromatic amines is 1. The van der Waals surface area contributed by atoms with Crippen LogP contribution in [0.3, 0.4) is 0 Å². The Hall–Kier alpha value is -1.59. The second-order valence-corrected chi connectivity index (χ2v) is 7.08. The van der Waals surface area contributed by atoms with E-state index in [2.05, 4.69) is 40.0 Å². The van der Waals surface area contributed by atoms with Gasteiger partial charge in [-0.25, -0.2) is 9.97 Å². The van der Waals surface area contributed by atoms with Crippen molar-refractivity contribution < 1.29 is 0 Å². The van der Waals surface area contributed by atoms with Crippen LogP contribution in [-0.2, 0) is 0 Å². The molecule has 21 heavy (non-hydrogen) atoms. The van der Waals surface area contributed by atoms with Gasteiger partial charge in [-0.3, -0.25) is 0 Å². The molecule has 0 bridgehead atoms. The van der Waals surface area contributed by atoms with Gasteiger partial charge < -0.3 is 9.88 Å². The summed E-state index contributed by atoms with van der Waals surface area (Å²) in [6.45, 7) is 3.10. The topological polar surface area (TPSA) is 44.8 Å². The van der Waals surface area contributed by atoms with Crippen molar-refractivity contribution in [3.63, 3.8) is 0 Å².